The molecule has 2 aromatic rings. The second-order valence-electron chi connectivity index (χ2n) is 7.69. The van der Waals surface area contributed by atoms with Crippen LogP contribution in [0.2, 0.25) is 5.02 Å². The van der Waals surface area contributed by atoms with Gasteiger partial charge in [0.2, 0.25) is 20.0 Å². The highest BCUT2D eigenvalue weighted by Gasteiger charge is 2.19. The van der Waals surface area contributed by atoms with E-state index in [9.17, 15) is 16.8 Å². The van der Waals surface area contributed by atoms with Crippen molar-refractivity contribution in [2.45, 2.75) is 6.42 Å². The van der Waals surface area contributed by atoms with E-state index in [1.807, 2.05) is 18.2 Å². The summed E-state index contributed by atoms with van der Waals surface area (Å²) in [4.78, 5) is 4.58. The van der Waals surface area contributed by atoms with Crippen molar-refractivity contribution in [2.24, 2.45) is 0 Å². The van der Waals surface area contributed by atoms with E-state index < -0.39 is 20.0 Å². The smallest absolute Gasteiger partial charge is 0.229 e. The monoisotopic (exact) mass is 486 g/mol. The van der Waals surface area contributed by atoms with Gasteiger partial charge < -0.3 is 4.90 Å². The Morgan fingerprint density at radius 1 is 0.839 bits per heavy atom. The maximum atomic E-state index is 11.4. The highest BCUT2D eigenvalue weighted by atomic mass is 35.5. The average molecular weight is 487 g/mol. The third-order valence-corrected chi connectivity index (χ3v) is 6.45. The zero-order valence-corrected chi connectivity index (χ0v) is 19.9. The van der Waals surface area contributed by atoms with Gasteiger partial charge >= 0.3 is 0 Å². The molecule has 0 bridgehead atoms. The van der Waals surface area contributed by atoms with E-state index in [1.54, 1.807) is 24.3 Å². The molecule has 11 heteroatoms. The summed E-state index contributed by atoms with van der Waals surface area (Å²) in [5.74, 6) is 0. The number of sulfonamides is 2. The number of piperazine rings is 1. The Hall–Kier alpha value is -2.01. The standard InChI is InChI=1S/C20H27ClN4O4S2/c1-30(26,27)22-17-5-3-16(4-6-17)9-10-24-11-13-25(14-12-24)20-8-7-18(15-19(20)21)23-31(2,28)29/h3-8,15,22-23H,9-14H2,1-2H3. The Morgan fingerprint density at radius 3 is 1.94 bits per heavy atom. The van der Waals surface area contributed by atoms with E-state index in [0.717, 1.165) is 62.9 Å². The van der Waals surface area contributed by atoms with Crippen LogP contribution in [0.1, 0.15) is 5.56 Å². The predicted molar refractivity (Wildman–Crippen MR) is 127 cm³/mol. The predicted octanol–water partition coefficient (Wildman–Crippen LogP) is 2.45. The van der Waals surface area contributed by atoms with Crippen LogP contribution in [-0.4, -0.2) is 67.0 Å². The van der Waals surface area contributed by atoms with Crippen LogP contribution in [0.15, 0.2) is 42.5 Å². The fourth-order valence-electron chi connectivity index (χ4n) is 3.49. The van der Waals surface area contributed by atoms with Gasteiger partial charge in [-0.1, -0.05) is 23.7 Å². The number of rotatable bonds is 8. The van der Waals surface area contributed by atoms with Crippen molar-refractivity contribution in [1.29, 1.82) is 0 Å². The molecule has 3 rings (SSSR count). The molecule has 0 atom stereocenters. The molecule has 31 heavy (non-hydrogen) atoms. The normalized spacial score (nSPS) is 15.6. The lowest BCUT2D eigenvalue weighted by molar-refractivity contribution is 0.261. The number of hydrogen-bond acceptors (Lipinski definition) is 6. The quantitative estimate of drug-likeness (QED) is 0.594. The highest BCUT2D eigenvalue weighted by Crippen LogP contribution is 2.30. The van der Waals surface area contributed by atoms with Crippen LogP contribution in [0.3, 0.4) is 0 Å². The maximum absolute atomic E-state index is 11.4. The van der Waals surface area contributed by atoms with Gasteiger partial charge in [0.1, 0.15) is 0 Å². The summed E-state index contributed by atoms with van der Waals surface area (Å²) in [5.41, 5.74) is 3.06. The van der Waals surface area contributed by atoms with Crippen LogP contribution < -0.4 is 14.3 Å². The largest absolute Gasteiger partial charge is 0.368 e. The van der Waals surface area contributed by atoms with Crippen LogP contribution in [-0.2, 0) is 26.5 Å². The molecule has 1 heterocycles. The summed E-state index contributed by atoms with van der Waals surface area (Å²) in [6.07, 6.45) is 3.12. The van der Waals surface area contributed by atoms with Crippen LogP contribution in [0.5, 0.6) is 0 Å². The number of benzene rings is 2. The van der Waals surface area contributed by atoms with Crippen LogP contribution in [0, 0.1) is 0 Å². The lowest BCUT2D eigenvalue weighted by Crippen LogP contribution is -2.47. The molecule has 0 aliphatic carbocycles. The van der Waals surface area contributed by atoms with E-state index >= 15 is 0 Å². The second-order valence-corrected chi connectivity index (χ2v) is 11.6. The minimum absolute atomic E-state index is 0.452. The van der Waals surface area contributed by atoms with E-state index in [4.69, 9.17) is 11.6 Å². The summed E-state index contributed by atoms with van der Waals surface area (Å²) < 4.78 is 50.2. The zero-order chi connectivity index (χ0) is 22.6. The molecule has 1 aliphatic heterocycles. The first-order valence-corrected chi connectivity index (χ1v) is 14.0. The third-order valence-electron chi connectivity index (χ3n) is 4.94. The van der Waals surface area contributed by atoms with Gasteiger partial charge in [0, 0.05) is 38.4 Å². The topological polar surface area (TPSA) is 98.8 Å². The molecular formula is C20H27ClN4O4S2. The summed E-state index contributed by atoms with van der Waals surface area (Å²) in [6.45, 7) is 4.37. The Balaban J connectivity index is 1.50. The SMILES string of the molecule is CS(=O)(=O)Nc1ccc(CCN2CCN(c3ccc(NS(C)(=O)=O)cc3Cl)CC2)cc1. The van der Waals surface area contributed by atoms with Crippen molar-refractivity contribution >= 4 is 48.7 Å². The van der Waals surface area contributed by atoms with Gasteiger partial charge in [-0.25, -0.2) is 16.8 Å². The fraction of sp³-hybridized carbons (Fsp3) is 0.400. The number of anilines is 3. The van der Waals surface area contributed by atoms with E-state index in [-0.39, 0.29) is 0 Å². The van der Waals surface area contributed by atoms with Crippen LogP contribution >= 0.6 is 11.6 Å². The molecule has 0 aromatic heterocycles. The first-order valence-electron chi connectivity index (χ1n) is 9.80. The first-order chi connectivity index (χ1) is 14.5. The van der Waals surface area contributed by atoms with E-state index in [1.165, 1.54) is 0 Å². The molecule has 0 saturated carbocycles. The summed E-state index contributed by atoms with van der Waals surface area (Å²) >= 11 is 6.39. The van der Waals surface area contributed by atoms with Gasteiger partial charge in [0.25, 0.3) is 0 Å². The number of nitrogens with zero attached hydrogens (tertiary/aromatic N) is 2. The Bertz CT molecular complexity index is 1110. The van der Waals surface area contributed by atoms with Crippen LogP contribution in [0.4, 0.5) is 17.1 Å². The van der Waals surface area contributed by atoms with Crippen molar-refractivity contribution in [3.63, 3.8) is 0 Å². The van der Waals surface area contributed by atoms with E-state index in [0.29, 0.717) is 16.4 Å². The van der Waals surface area contributed by atoms with Crippen molar-refractivity contribution in [3.05, 3.63) is 53.1 Å². The second kappa shape index (κ2) is 9.64. The average Bonchev–Trinajstić information content (AvgIpc) is 2.66. The van der Waals surface area contributed by atoms with Crippen molar-refractivity contribution in [3.8, 4) is 0 Å². The Labute approximate surface area is 189 Å². The fourth-order valence-corrected chi connectivity index (χ4v) is 4.91. The molecule has 1 fully saturated rings. The van der Waals surface area contributed by atoms with Gasteiger partial charge in [0.05, 0.1) is 28.9 Å². The maximum Gasteiger partial charge on any atom is 0.229 e. The van der Waals surface area contributed by atoms with Gasteiger partial charge in [-0.3, -0.25) is 14.3 Å². The Kier molecular flexibility index (Phi) is 7.35. The molecule has 2 aromatic carbocycles. The summed E-state index contributed by atoms with van der Waals surface area (Å²) in [7, 11) is -6.60. The minimum Gasteiger partial charge on any atom is -0.368 e. The molecule has 2 N–H and O–H groups in total. The number of halogens is 1. The zero-order valence-electron chi connectivity index (χ0n) is 17.5. The molecule has 0 unspecified atom stereocenters. The van der Waals surface area contributed by atoms with E-state index in [2.05, 4.69) is 19.2 Å². The number of hydrogen-bond donors (Lipinski definition) is 2. The molecule has 8 nitrogen and oxygen atoms in total. The van der Waals surface area contributed by atoms with Gasteiger partial charge in [-0.2, -0.15) is 0 Å². The van der Waals surface area contributed by atoms with Crippen molar-refractivity contribution < 1.29 is 16.8 Å². The lowest BCUT2D eigenvalue weighted by Gasteiger charge is -2.36. The van der Waals surface area contributed by atoms with Gasteiger partial charge in [-0.05, 0) is 42.3 Å². The Morgan fingerprint density at radius 2 is 1.39 bits per heavy atom. The molecule has 0 radical (unpaired) electrons. The number of nitrogens with one attached hydrogen (secondary N) is 2. The molecule has 1 aliphatic rings. The summed E-state index contributed by atoms with van der Waals surface area (Å²) in [6, 6.07) is 12.6. The highest BCUT2D eigenvalue weighted by molar-refractivity contribution is 7.92. The van der Waals surface area contributed by atoms with Gasteiger partial charge in [-0.15, -0.1) is 0 Å². The third kappa shape index (κ3) is 7.57. The summed E-state index contributed by atoms with van der Waals surface area (Å²) in [5, 5.41) is 0.518. The molecule has 0 spiro atoms. The molecule has 170 valence electrons. The minimum atomic E-state index is -3.34. The molecule has 1 saturated heterocycles. The van der Waals surface area contributed by atoms with Crippen LogP contribution in [0.25, 0.3) is 0 Å². The van der Waals surface area contributed by atoms with Gasteiger partial charge in [0.15, 0.2) is 0 Å². The lowest BCUT2D eigenvalue weighted by atomic mass is 10.1. The molecular weight excluding hydrogens is 460 g/mol. The molecule has 0 amide bonds. The first kappa shape index (κ1) is 23.6. The van der Waals surface area contributed by atoms with Crippen molar-refractivity contribution in [1.82, 2.24) is 4.90 Å². The van der Waals surface area contributed by atoms with Crippen molar-refractivity contribution in [2.75, 3.05) is 59.6 Å².